The maximum atomic E-state index is 2.47. The second-order valence-corrected chi connectivity index (χ2v) is 5.09. The minimum absolute atomic E-state index is 1.05. The van der Waals surface area contributed by atoms with Gasteiger partial charge in [0.25, 0.3) is 0 Å². The molecule has 0 unspecified atom stereocenters. The van der Waals surface area contributed by atoms with Crippen LogP contribution >= 0.6 is 0 Å². The number of rotatable bonds is 1. The number of hydrogen-bond donors (Lipinski definition) is 0. The lowest BCUT2D eigenvalue weighted by Crippen LogP contribution is -2.37. The fourth-order valence-electron chi connectivity index (χ4n) is 3.10. The van der Waals surface area contributed by atoms with Crippen LogP contribution in [0.2, 0.25) is 0 Å². The van der Waals surface area contributed by atoms with Gasteiger partial charge in [0, 0.05) is 19.6 Å². The molecule has 18 heavy (non-hydrogen) atoms. The molecule has 2 aliphatic rings. The van der Waals surface area contributed by atoms with E-state index in [2.05, 4.69) is 58.5 Å². The molecule has 0 fully saturated rings. The van der Waals surface area contributed by atoms with E-state index in [0.29, 0.717) is 0 Å². The summed E-state index contributed by atoms with van der Waals surface area (Å²) < 4.78 is 0. The average Bonchev–Trinajstić information content (AvgIpc) is 3.02. The first-order valence-electron chi connectivity index (χ1n) is 6.59. The summed E-state index contributed by atoms with van der Waals surface area (Å²) in [6.07, 6.45) is 1.17. The molecular formula is C16H16N2. The first-order valence-corrected chi connectivity index (χ1v) is 6.59. The lowest BCUT2D eigenvalue weighted by molar-refractivity contribution is 0.263. The summed E-state index contributed by atoms with van der Waals surface area (Å²) in [4.78, 5) is 0. The number of fused-ring (bicyclic) bond motifs is 2. The Morgan fingerprint density at radius 3 is 2.06 bits per heavy atom. The third-order valence-electron chi connectivity index (χ3n) is 4.03. The Bertz CT molecular complexity index is 566. The van der Waals surface area contributed by atoms with Gasteiger partial charge in [-0.1, -0.05) is 42.5 Å². The molecule has 0 spiro atoms. The lowest BCUT2D eigenvalue weighted by atomic mass is 10.1. The molecule has 4 rings (SSSR count). The van der Waals surface area contributed by atoms with Crippen LogP contribution in [-0.2, 0) is 19.5 Å². The van der Waals surface area contributed by atoms with Gasteiger partial charge < -0.3 is 5.01 Å². The first-order chi connectivity index (χ1) is 8.92. The van der Waals surface area contributed by atoms with Gasteiger partial charge in [0.1, 0.15) is 0 Å². The van der Waals surface area contributed by atoms with Gasteiger partial charge in [-0.3, -0.25) is 0 Å². The summed E-state index contributed by atoms with van der Waals surface area (Å²) in [7, 11) is 0. The van der Waals surface area contributed by atoms with Crippen LogP contribution in [-0.4, -0.2) is 11.6 Å². The predicted octanol–water partition coefficient (Wildman–Crippen LogP) is 2.98. The Hall–Kier alpha value is -1.80. The van der Waals surface area contributed by atoms with Crippen LogP contribution in [0.5, 0.6) is 0 Å². The van der Waals surface area contributed by atoms with Crippen molar-refractivity contribution in [3.8, 4) is 0 Å². The van der Waals surface area contributed by atoms with E-state index in [1.165, 1.54) is 28.8 Å². The van der Waals surface area contributed by atoms with Gasteiger partial charge in [0.15, 0.2) is 0 Å². The smallest absolute Gasteiger partial charge is 0.0555 e. The third-order valence-corrected chi connectivity index (χ3v) is 4.03. The van der Waals surface area contributed by atoms with E-state index < -0.39 is 0 Å². The number of benzene rings is 2. The first kappa shape index (κ1) is 10.2. The molecule has 2 nitrogen and oxygen atoms in total. The second kappa shape index (κ2) is 3.85. The molecule has 2 aliphatic heterocycles. The van der Waals surface area contributed by atoms with Crippen molar-refractivity contribution in [3.05, 3.63) is 65.2 Å². The van der Waals surface area contributed by atoms with Crippen molar-refractivity contribution in [2.75, 3.05) is 11.6 Å². The molecule has 0 radical (unpaired) electrons. The second-order valence-electron chi connectivity index (χ2n) is 5.09. The predicted molar refractivity (Wildman–Crippen MR) is 73.2 cm³/mol. The maximum Gasteiger partial charge on any atom is 0.0555 e. The monoisotopic (exact) mass is 236 g/mol. The van der Waals surface area contributed by atoms with Crippen LogP contribution in [0.4, 0.5) is 5.69 Å². The Morgan fingerprint density at radius 1 is 0.722 bits per heavy atom. The molecule has 0 bridgehead atoms. The highest BCUT2D eigenvalue weighted by molar-refractivity contribution is 5.57. The van der Waals surface area contributed by atoms with Gasteiger partial charge in [-0.15, -0.1) is 0 Å². The summed E-state index contributed by atoms with van der Waals surface area (Å²) >= 11 is 0. The Morgan fingerprint density at radius 2 is 1.33 bits per heavy atom. The van der Waals surface area contributed by atoms with Crippen molar-refractivity contribution in [2.24, 2.45) is 0 Å². The number of nitrogens with zero attached hydrogens (tertiary/aromatic N) is 2. The fourth-order valence-corrected chi connectivity index (χ4v) is 3.10. The molecule has 0 N–H and O–H groups in total. The Labute approximate surface area is 107 Å². The minimum Gasteiger partial charge on any atom is -0.305 e. The highest BCUT2D eigenvalue weighted by atomic mass is 15.6. The van der Waals surface area contributed by atoms with Gasteiger partial charge in [-0.2, -0.15) is 0 Å². The standard InChI is InChI=1S/C16H16N2/c1-2-7-15-12-17(11-14(15)6-1)18-10-9-13-5-3-4-8-16(13)18/h1-8H,9-12H2. The number of hydrazine groups is 1. The molecule has 0 saturated carbocycles. The summed E-state index contributed by atoms with van der Waals surface area (Å²) in [5, 5.41) is 4.92. The quantitative estimate of drug-likeness (QED) is 0.751. The summed E-state index contributed by atoms with van der Waals surface area (Å²) in [5.41, 5.74) is 5.82. The van der Waals surface area contributed by atoms with E-state index >= 15 is 0 Å². The average molecular weight is 236 g/mol. The van der Waals surface area contributed by atoms with Crippen molar-refractivity contribution >= 4 is 5.69 Å². The highest BCUT2D eigenvalue weighted by Gasteiger charge is 2.28. The third kappa shape index (κ3) is 1.46. The van der Waals surface area contributed by atoms with Crippen molar-refractivity contribution in [3.63, 3.8) is 0 Å². The lowest BCUT2D eigenvalue weighted by Gasteiger charge is -2.30. The van der Waals surface area contributed by atoms with E-state index in [0.717, 1.165) is 19.6 Å². The van der Waals surface area contributed by atoms with Crippen molar-refractivity contribution in [1.29, 1.82) is 0 Å². The fraction of sp³-hybridized carbons (Fsp3) is 0.250. The molecule has 90 valence electrons. The molecular weight excluding hydrogens is 220 g/mol. The van der Waals surface area contributed by atoms with Gasteiger partial charge in [0.05, 0.1) is 5.69 Å². The molecule has 2 aromatic rings. The van der Waals surface area contributed by atoms with E-state index in [1.54, 1.807) is 0 Å². The number of hydrogen-bond acceptors (Lipinski definition) is 2. The normalized spacial score (nSPS) is 17.9. The Balaban J connectivity index is 1.65. The van der Waals surface area contributed by atoms with E-state index in [-0.39, 0.29) is 0 Å². The van der Waals surface area contributed by atoms with Crippen LogP contribution in [0, 0.1) is 0 Å². The molecule has 2 heterocycles. The minimum atomic E-state index is 1.05. The molecule has 2 heteroatoms. The van der Waals surface area contributed by atoms with Crippen LogP contribution in [0.3, 0.4) is 0 Å². The molecule has 0 amide bonds. The van der Waals surface area contributed by atoms with Crippen molar-refractivity contribution < 1.29 is 0 Å². The zero-order chi connectivity index (χ0) is 11.9. The molecule has 2 aromatic carbocycles. The van der Waals surface area contributed by atoms with E-state index in [1.807, 2.05) is 0 Å². The van der Waals surface area contributed by atoms with Crippen LogP contribution < -0.4 is 5.01 Å². The largest absolute Gasteiger partial charge is 0.305 e. The molecule has 0 aliphatic carbocycles. The van der Waals surface area contributed by atoms with Crippen LogP contribution in [0.25, 0.3) is 0 Å². The maximum absolute atomic E-state index is 2.47. The van der Waals surface area contributed by atoms with Crippen LogP contribution in [0.15, 0.2) is 48.5 Å². The van der Waals surface area contributed by atoms with Gasteiger partial charge >= 0.3 is 0 Å². The zero-order valence-corrected chi connectivity index (χ0v) is 10.3. The topological polar surface area (TPSA) is 6.48 Å². The van der Waals surface area contributed by atoms with Crippen LogP contribution in [0.1, 0.15) is 16.7 Å². The van der Waals surface area contributed by atoms with E-state index in [4.69, 9.17) is 0 Å². The number of para-hydroxylation sites is 1. The molecule has 0 saturated heterocycles. The SMILES string of the molecule is c1ccc2c(c1)CN(N1CCc3ccccc31)C2. The van der Waals surface area contributed by atoms with Gasteiger partial charge in [0.2, 0.25) is 0 Å². The molecule has 0 aromatic heterocycles. The highest BCUT2D eigenvalue weighted by Crippen LogP contribution is 2.33. The molecule has 0 atom stereocenters. The van der Waals surface area contributed by atoms with Gasteiger partial charge in [-0.25, -0.2) is 5.01 Å². The van der Waals surface area contributed by atoms with Crippen molar-refractivity contribution in [1.82, 2.24) is 5.01 Å². The van der Waals surface area contributed by atoms with Crippen molar-refractivity contribution in [2.45, 2.75) is 19.5 Å². The Kier molecular flexibility index (Phi) is 2.17. The van der Waals surface area contributed by atoms with E-state index in [9.17, 15) is 0 Å². The summed E-state index contributed by atoms with van der Waals surface area (Å²) in [6, 6.07) is 17.5. The summed E-state index contributed by atoms with van der Waals surface area (Å²) in [5.74, 6) is 0. The van der Waals surface area contributed by atoms with Gasteiger partial charge in [-0.05, 0) is 29.2 Å². The zero-order valence-electron chi connectivity index (χ0n) is 10.3. The summed E-state index contributed by atoms with van der Waals surface area (Å²) in [6.45, 7) is 3.21. The number of anilines is 1.